The number of ketones is 2. The van der Waals surface area contributed by atoms with Gasteiger partial charge in [-0.05, 0) is 38.5 Å². The maximum Gasteiger partial charge on any atom is 0.137 e. The third-order valence-corrected chi connectivity index (χ3v) is 4.78. The van der Waals surface area contributed by atoms with Gasteiger partial charge in [-0.3, -0.25) is 9.59 Å². The maximum atomic E-state index is 12.0. The van der Waals surface area contributed by atoms with Crippen molar-refractivity contribution in [3.05, 3.63) is 11.1 Å². The van der Waals surface area contributed by atoms with Crippen molar-refractivity contribution in [1.82, 2.24) is 0 Å². The first-order chi connectivity index (χ1) is 7.61. The van der Waals surface area contributed by atoms with Gasteiger partial charge >= 0.3 is 0 Å². The molecule has 0 aromatic carbocycles. The van der Waals surface area contributed by atoms with Crippen LogP contribution in [-0.4, -0.2) is 11.6 Å². The normalized spacial score (nSPS) is 41.5. The number of hydrogen-bond donors (Lipinski definition) is 0. The Morgan fingerprint density at radius 1 is 0.938 bits per heavy atom. The van der Waals surface area contributed by atoms with Crippen molar-refractivity contribution in [2.24, 2.45) is 23.7 Å². The first-order valence-corrected chi connectivity index (χ1v) is 6.34. The van der Waals surface area contributed by atoms with E-state index in [4.69, 9.17) is 0 Å². The predicted molar refractivity (Wildman–Crippen MR) is 60.8 cm³/mol. The molecule has 0 amide bonds. The van der Waals surface area contributed by atoms with Gasteiger partial charge in [0.05, 0.1) is 0 Å². The van der Waals surface area contributed by atoms with E-state index >= 15 is 0 Å². The molecule has 2 bridgehead atoms. The van der Waals surface area contributed by atoms with Crippen LogP contribution in [0.3, 0.4) is 0 Å². The minimum atomic E-state index is 0.0601. The molecule has 0 N–H and O–H groups in total. The third-order valence-electron chi connectivity index (χ3n) is 4.78. The number of carbonyl (C=O) groups is 2. The highest BCUT2D eigenvalue weighted by Crippen LogP contribution is 2.59. The van der Waals surface area contributed by atoms with Crippen LogP contribution in [0, 0.1) is 23.7 Å². The SMILES string of the molecule is CC(C)=C1C2CCC1C1C(=O)CCC(=O)C21. The molecule has 0 spiro atoms. The number of carbonyl (C=O) groups excluding carboxylic acids is 2. The number of fused-ring (bicyclic) bond motifs is 5. The van der Waals surface area contributed by atoms with E-state index in [0.717, 1.165) is 12.8 Å². The van der Waals surface area contributed by atoms with Crippen LogP contribution >= 0.6 is 0 Å². The molecule has 4 unspecified atom stereocenters. The molecule has 2 nitrogen and oxygen atoms in total. The molecule has 0 heterocycles. The predicted octanol–water partition coefficient (Wildman–Crippen LogP) is 2.53. The fourth-order valence-corrected chi connectivity index (χ4v) is 4.36. The molecule has 86 valence electrons. The molecule has 3 rings (SSSR count). The first kappa shape index (κ1) is 10.2. The summed E-state index contributed by atoms with van der Waals surface area (Å²) in [5.74, 6) is 1.66. The van der Waals surface area contributed by atoms with Gasteiger partial charge in [-0.25, -0.2) is 0 Å². The second-order valence-corrected chi connectivity index (χ2v) is 5.73. The fraction of sp³-hybridized carbons (Fsp3) is 0.714. The molecule has 2 heteroatoms. The summed E-state index contributed by atoms with van der Waals surface area (Å²) in [6.07, 6.45) is 3.26. The summed E-state index contributed by atoms with van der Waals surface area (Å²) in [6, 6.07) is 0. The molecule has 4 atom stereocenters. The van der Waals surface area contributed by atoms with Gasteiger partial charge in [0, 0.05) is 24.7 Å². The zero-order valence-corrected chi connectivity index (χ0v) is 9.95. The van der Waals surface area contributed by atoms with Gasteiger partial charge in [0.15, 0.2) is 0 Å². The second-order valence-electron chi connectivity index (χ2n) is 5.73. The van der Waals surface area contributed by atoms with Crippen molar-refractivity contribution in [1.29, 1.82) is 0 Å². The van der Waals surface area contributed by atoms with Crippen LogP contribution in [0.15, 0.2) is 11.1 Å². The summed E-state index contributed by atoms with van der Waals surface area (Å²) in [5.41, 5.74) is 2.81. The van der Waals surface area contributed by atoms with Crippen LogP contribution in [0.1, 0.15) is 39.5 Å². The fourth-order valence-electron chi connectivity index (χ4n) is 4.36. The molecular formula is C14H18O2. The summed E-state index contributed by atoms with van der Waals surface area (Å²) in [7, 11) is 0. The molecular weight excluding hydrogens is 200 g/mol. The lowest BCUT2D eigenvalue weighted by Crippen LogP contribution is -2.39. The quantitative estimate of drug-likeness (QED) is 0.585. The lowest BCUT2D eigenvalue weighted by Gasteiger charge is -2.31. The average molecular weight is 218 g/mol. The van der Waals surface area contributed by atoms with Crippen molar-refractivity contribution in [2.45, 2.75) is 39.5 Å². The topological polar surface area (TPSA) is 34.1 Å². The van der Waals surface area contributed by atoms with E-state index < -0.39 is 0 Å². The monoisotopic (exact) mass is 218 g/mol. The van der Waals surface area contributed by atoms with Crippen LogP contribution in [0.25, 0.3) is 0 Å². The van der Waals surface area contributed by atoms with E-state index in [1.54, 1.807) is 0 Å². The van der Waals surface area contributed by atoms with Crippen LogP contribution in [0.5, 0.6) is 0 Å². The molecule has 0 aromatic heterocycles. The Kier molecular flexibility index (Phi) is 2.10. The molecule has 3 saturated carbocycles. The second kappa shape index (κ2) is 3.28. The van der Waals surface area contributed by atoms with Crippen molar-refractivity contribution in [2.75, 3.05) is 0 Å². The van der Waals surface area contributed by atoms with Crippen molar-refractivity contribution in [3.8, 4) is 0 Å². The first-order valence-electron chi connectivity index (χ1n) is 6.34. The van der Waals surface area contributed by atoms with Crippen LogP contribution < -0.4 is 0 Å². The summed E-state index contributed by atoms with van der Waals surface area (Å²) < 4.78 is 0. The zero-order chi connectivity index (χ0) is 11.4. The Labute approximate surface area is 96.1 Å². The van der Waals surface area contributed by atoms with Gasteiger partial charge in [0.2, 0.25) is 0 Å². The highest BCUT2D eigenvalue weighted by Gasteiger charge is 2.57. The van der Waals surface area contributed by atoms with Gasteiger partial charge in [0.25, 0.3) is 0 Å². The van der Waals surface area contributed by atoms with E-state index in [0.29, 0.717) is 36.2 Å². The average Bonchev–Trinajstić information content (AvgIpc) is 2.79. The molecule has 0 saturated heterocycles. The van der Waals surface area contributed by atoms with Crippen LogP contribution in [0.2, 0.25) is 0 Å². The van der Waals surface area contributed by atoms with Crippen molar-refractivity contribution in [3.63, 3.8) is 0 Å². The Hall–Kier alpha value is -0.920. The van der Waals surface area contributed by atoms with E-state index in [1.807, 2.05) is 0 Å². The number of hydrogen-bond acceptors (Lipinski definition) is 2. The van der Waals surface area contributed by atoms with Crippen molar-refractivity contribution >= 4 is 11.6 Å². The van der Waals surface area contributed by atoms with Gasteiger partial charge in [-0.2, -0.15) is 0 Å². The number of allylic oxidation sites excluding steroid dienone is 2. The van der Waals surface area contributed by atoms with Crippen LogP contribution in [-0.2, 0) is 9.59 Å². The summed E-state index contributed by atoms with van der Waals surface area (Å²) in [4.78, 5) is 24.0. The Morgan fingerprint density at radius 3 is 1.75 bits per heavy atom. The minimum Gasteiger partial charge on any atom is -0.299 e. The smallest absolute Gasteiger partial charge is 0.137 e. The summed E-state index contributed by atoms with van der Waals surface area (Å²) in [5, 5.41) is 0. The Bertz CT molecular complexity index is 369. The molecule has 3 aliphatic rings. The molecule has 0 aliphatic heterocycles. The molecule has 0 radical (unpaired) electrons. The molecule has 16 heavy (non-hydrogen) atoms. The van der Waals surface area contributed by atoms with Gasteiger partial charge < -0.3 is 0 Å². The zero-order valence-electron chi connectivity index (χ0n) is 9.95. The Morgan fingerprint density at radius 2 is 1.38 bits per heavy atom. The largest absolute Gasteiger partial charge is 0.299 e. The summed E-state index contributed by atoms with van der Waals surface area (Å²) >= 11 is 0. The van der Waals surface area contributed by atoms with Crippen molar-refractivity contribution < 1.29 is 9.59 Å². The standard InChI is InChI=1S/C14H18O2/c1-7(2)12-8-3-4-9(12)14-11(16)6-5-10(15)13(8)14/h8-9,13-14H,3-6H2,1-2H3. The van der Waals surface area contributed by atoms with E-state index in [1.165, 1.54) is 11.1 Å². The summed E-state index contributed by atoms with van der Waals surface area (Å²) in [6.45, 7) is 4.26. The Balaban J connectivity index is 2.08. The molecule has 3 fully saturated rings. The van der Waals surface area contributed by atoms with E-state index in [2.05, 4.69) is 13.8 Å². The lowest BCUT2D eigenvalue weighted by atomic mass is 9.69. The number of rotatable bonds is 0. The van der Waals surface area contributed by atoms with Gasteiger partial charge in [0.1, 0.15) is 11.6 Å². The van der Waals surface area contributed by atoms with Crippen LogP contribution in [0.4, 0.5) is 0 Å². The minimum absolute atomic E-state index is 0.0601. The van der Waals surface area contributed by atoms with E-state index in [9.17, 15) is 9.59 Å². The molecule has 0 aromatic rings. The maximum absolute atomic E-state index is 12.0. The highest BCUT2D eigenvalue weighted by molar-refractivity contribution is 5.98. The van der Waals surface area contributed by atoms with Gasteiger partial charge in [-0.15, -0.1) is 0 Å². The third kappa shape index (κ3) is 1.13. The number of Topliss-reactive ketones (excluding diaryl/α,β-unsaturated/α-hetero) is 2. The highest BCUT2D eigenvalue weighted by atomic mass is 16.1. The molecule has 3 aliphatic carbocycles. The lowest BCUT2D eigenvalue weighted by molar-refractivity contribution is -0.139. The van der Waals surface area contributed by atoms with Gasteiger partial charge in [-0.1, -0.05) is 11.1 Å². The van der Waals surface area contributed by atoms with E-state index in [-0.39, 0.29) is 11.8 Å².